The van der Waals surface area contributed by atoms with Crippen LogP contribution in [0.4, 0.5) is 0 Å². The van der Waals surface area contributed by atoms with Crippen molar-refractivity contribution in [2.45, 2.75) is 0 Å². The molecule has 5 nitrogen and oxygen atoms in total. The number of aromatic amines is 1. The summed E-state index contributed by atoms with van der Waals surface area (Å²) in [6.07, 6.45) is 0. The van der Waals surface area contributed by atoms with Crippen LogP contribution in [-0.2, 0) is 0 Å². The molecule has 2 rings (SSSR count). The first-order valence-electron chi connectivity index (χ1n) is 4.68. The molecule has 82 valence electrons. The van der Waals surface area contributed by atoms with E-state index >= 15 is 0 Å². The number of aromatic nitrogens is 2. The van der Waals surface area contributed by atoms with Gasteiger partial charge in [-0.1, -0.05) is 18.2 Å². The Morgan fingerprint density at radius 3 is 2.50 bits per heavy atom. The quantitative estimate of drug-likeness (QED) is 0.799. The summed E-state index contributed by atoms with van der Waals surface area (Å²) < 4.78 is 5.93. The van der Waals surface area contributed by atoms with Crippen LogP contribution in [0.25, 0.3) is 5.69 Å². The average Bonchev–Trinajstić information content (AvgIpc) is 2.32. The van der Waals surface area contributed by atoms with E-state index in [1.54, 1.807) is 24.3 Å². The van der Waals surface area contributed by atoms with Crippen LogP contribution in [0.5, 0.6) is 5.75 Å². The zero-order valence-corrected chi connectivity index (χ0v) is 8.64. The molecule has 0 aliphatic heterocycles. The van der Waals surface area contributed by atoms with Crippen molar-refractivity contribution in [3.63, 3.8) is 0 Å². The molecule has 0 saturated heterocycles. The minimum absolute atomic E-state index is 0.0113. The number of nitrogens with zero attached hydrogens (tertiary/aromatic N) is 1. The number of ether oxygens (including phenoxy) is 1. The first-order valence-corrected chi connectivity index (χ1v) is 4.68. The van der Waals surface area contributed by atoms with Crippen molar-refractivity contribution in [2.75, 3.05) is 7.11 Å². The number of para-hydroxylation sites is 1. The summed E-state index contributed by atoms with van der Waals surface area (Å²) in [5.41, 5.74) is -0.180. The van der Waals surface area contributed by atoms with Crippen LogP contribution < -0.4 is 15.9 Å². The van der Waals surface area contributed by atoms with Crippen molar-refractivity contribution in [1.82, 2.24) is 9.78 Å². The number of methoxy groups -OCH3 is 1. The Labute approximate surface area is 90.9 Å². The predicted octanol–water partition coefficient (Wildman–Crippen LogP) is 0.534. The molecule has 1 heterocycles. The third kappa shape index (κ3) is 1.75. The molecular formula is C11H10N2O3. The molecule has 0 atom stereocenters. The molecule has 2 aromatic rings. The summed E-state index contributed by atoms with van der Waals surface area (Å²) >= 11 is 0. The van der Waals surface area contributed by atoms with Gasteiger partial charge in [0.1, 0.15) is 0 Å². The highest BCUT2D eigenvalue weighted by Crippen LogP contribution is 2.02. The highest BCUT2D eigenvalue weighted by Gasteiger charge is 2.05. The molecule has 0 bridgehead atoms. The minimum Gasteiger partial charge on any atom is -0.491 e. The van der Waals surface area contributed by atoms with Gasteiger partial charge >= 0.3 is 5.56 Å². The van der Waals surface area contributed by atoms with Crippen LogP contribution in [0.2, 0.25) is 0 Å². The summed E-state index contributed by atoms with van der Waals surface area (Å²) in [7, 11) is 1.34. The molecule has 16 heavy (non-hydrogen) atoms. The van der Waals surface area contributed by atoms with E-state index < -0.39 is 5.56 Å². The lowest BCUT2D eigenvalue weighted by Crippen LogP contribution is -2.28. The maximum absolute atomic E-state index is 11.7. The molecular weight excluding hydrogens is 208 g/mol. The third-order valence-corrected chi connectivity index (χ3v) is 2.15. The lowest BCUT2D eigenvalue weighted by atomic mass is 10.3. The Bertz CT molecular complexity index is 599. The third-order valence-electron chi connectivity index (χ3n) is 2.15. The topological polar surface area (TPSA) is 64.1 Å². The van der Waals surface area contributed by atoms with E-state index in [1.165, 1.54) is 11.8 Å². The molecule has 0 saturated carbocycles. The number of hydrogen-bond acceptors (Lipinski definition) is 3. The highest BCUT2D eigenvalue weighted by molar-refractivity contribution is 5.30. The second kappa shape index (κ2) is 4.06. The molecule has 0 radical (unpaired) electrons. The van der Waals surface area contributed by atoms with Gasteiger partial charge in [0, 0.05) is 0 Å². The molecule has 1 aromatic carbocycles. The Hall–Kier alpha value is -2.30. The van der Waals surface area contributed by atoms with Crippen LogP contribution >= 0.6 is 0 Å². The number of hydrogen-bond donors (Lipinski definition) is 1. The van der Waals surface area contributed by atoms with Crippen LogP contribution in [0, 0.1) is 0 Å². The molecule has 0 aliphatic rings. The van der Waals surface area contributed by atoms with E-state index in [9.17, 15) is 9.59 Å². The largest absolute Gasteiger partial charge is 0.491 e. The molecule has 1 aromatic heterocycles. The predicted molar refractivity (Wildman–Crippen MR) is 59.2 cm³/mol. The van der Waals surface area contributed by atoms with Crippen molar-refractivity contribution in [3.8, 4) is 11.4 Å². The Morgan fingerprint density at radius 2 is 1.88 bits per heavy atom. The zero-order chi connectivity index (χ0) is 11.5. The van der Waals surface area contributed by atoms with Gasteiger partial charge in [-0.3, -0.25) is 14.7 Å². The van der Waals surface area contributed by atoms with E-state index in [4.69, 9.17) is 4.74 Å². The van der Waals surface area contributed by atoms with E-state index in [-0.39, 0.29) is 11.3 Å². The van der Waals surface area contributed by atoms with Gasteiger partial charge in [0.05, 0.1) is 18.9 Å². The first-order chi connectivity index (χ1) is 7.72. The van der Waals surface area contributed by atoms with Gasteiger partial charge in [-0.15, -0.1) is 0 Å². The molecule has 0 fully saturated rings. The Kier molecular flexibility index (Phi) is 2.59. The fraction of sp³-hybridized carbons (Fsp3) is 0.0909. The monoisotopic (exact) mass is 218 g/mol. The Morgan fingerprint density at radius 1 is 1.19 bits per heavy atom. The first kappa shape index (κ1) is 10.2. The summed E-state index contributed by atoms with van der Waals surface area (Å²) in [4.78, 5) is 23.1. The number of rotatable bonds is 2. The van der Waals surface area contributed by atoms with Gasteiger partial charge in [0.2, 0.25) is 0 Å². The van der Waals surface area contributed by atoms with Crippen molar-refractivity contribution in [1.29, 1.82) is 0 Å². The number of benzene rings is 1. The van der Waals surface area contributed by atoms with Crippen molar-refractivity contribution in [3.05, 3.63) is 57.1 Å². The van der Waals surface area contributed by atoms with Crippen LogP contribution in [-0.4, -0.2) is 16.9 Å². The van der Waals surface area contributed by atoms with Gasteiger partial charge in [0.15, 0.2) is 5.75 Å². The van der Waals surface area contributed by atoms with E-state index in [0.29, 0.717) is 5.69 Å². The van der Waals surface area contributed by atoms with E-state index in [0.717, 1.165) is 6.07 Å². The van der Waals surface area contributed by atoms with Crippen LogP contribution in [0.15, 0.2) is 46.0 Å². The second-order valence-corrected chi connectivity index (χ2v) is 3.16. The van der Waals surface area contributed by atoms with Crippen LogP contribution in [0.3, 0.4) is 0 Å². The normalized spacial score (nSPS) is 10.1. The second-order valence-electron chi connectivity index (χ2n) is 3.16. The zero-order valence-electron chi connectivity index (χ0n) is 8.64. The minimum atomic E-state index is -0.439. The SMILES string of the molecule is COc1cc(=O)n(-c2ccccc2)[nH]c1=O. The lowest BCUT2D eigenvalue weighted by Gasteiger charge is -2.05. The van der Waals surface area contributed by atoms with Gasteiger partial charge < -0.3 is 4.74 Å². The summed E-state index contributed by atoms with van der Waals surface area (Å²) in [5, 5.41) is 2.44. The average molecular weight is 218 g/mol. The summed E-state index contributed by atoms with van der Waals surface area (Å²) in [5.74, 6) is 0.0113. The van der Waals surface area contributed by atoms with Crippen molar-refractivity contribution >= 4 is 0 Å². The number of nitrogens with one attached hydrogen (secondary N) is 1. The fourth-order valence-electron chi connectivity index (χ4n) is 1.37. The molecule has 0 amide bonds. The molecule has 5 heteroatoms. The highest BCUT2D eigenvalue weighted by atomic mass is 16.5. The number of H-pyrrole nitrogens is 1. The summed E-state index contributed by atoms with van der Waals surface area (Å²) in [6, 6.07) is 10.0. The van der Waals surface area contributed by atoms with E-state index in [1.807, 2.05) is 6.07 Å². The van der Waals surface area contributed by atoms with Crippen molar-refractivity contribution < 1.29 is 4.74 Å². The van der Waals surface area contributed by atoms with Gasteiger partial charge in [-0.2, -0.15) is 0 Å². The fourth-order valence-corrected chi connectivity index (χ4v) is 1.37. The molecule has 0 aliphatic carbocycles. The van der Waals surface area contributed by atoms with Crippen LogP contribution in [0.1, 0.15) is 0 Å². The lowest BCUT2D eigenvalue weighted by molar-refractivity contribution is 0.404. The maximum Gasteiger partial charge on any atom is 0.305 e. The smallest absolute Gasteiger partial charge is 0.305 e. The molecule has 0 spiro atoms. The van der Waals surface area contributed by atoms with Gasteiger partial charge in [-0.25, -0.2) is 4.68 Å². The molecule has 0 unspecified atom stereocenters. The Balaban J connectivity index is 2.65. The standard InChI is InChI=1S/C11H10N2O3/c1-16-9-7-10(14)13(12-11(9)15)8-5-3-2-4-6-8/h2-7H,1H3,(H,12,15). The van der Waals surface area contributed by atoms with Crippen molar-refractivity contribution in [2.24, 2.45) is 0 Å². The van der Waals surface area contributed by atoms with Gasteiger partial charge in [-0.05, 0) is 12.1 Å². The maximum atomic E-state index is 11.7. The molecule has 1 N–H and O–H groups in total. The van der Waals surface area contributed by atoms with Gasteiger partial charge in [0.25, 0.3) is 5.56 Å². The summed E-state index contributed by atoms with van der Waals surface area (Å²) in [6.45, 7) is 0. The van der Waals surface area contributed by atoms with E-state index in [2.05, 4.69) is 5.10 Å².